The van der Waals surface area contributed by atoms with Crippen molar-refractivity contribution in [3.05, 3.63) is 72.7 Å². The van der Waals surface area contributed by atoms with E-state index in [2.05, 4.69) is 20.4 Å². The third-order valence-corrected chi connectivity index (χ3v) is 5.26. The predicted molar refractivity (Wildman–Crippen MR) is 112 cm³/mol. The van der Waals surface area contributed by atoms with Gasteiger partial charge in [-0.05, 0) is 31.2 Å². The highest BCUT2D eigenvalue weighted by molar-refractivity contribution is 8.00. The highest BCUT2D eigenvalue weighted by atomic mass is 32.2. The molecule has 2 aromatic heterocycles. The summed E-state index contributed by atoms with van der Waals surface area (Å²) in [5, 5.41) is 8.66. The number of carbonyl (C=O) groups excluding carboxylic acids is 2. The molecular weight excluding hydrogens is 386 g/mol. The average molecular weight is 403 g/mol. The van der Waals surface area contributed by atoms with Gasteiger partial charge in [0, 0.05) is 5.56 Å². The van der Waals surface area contributed by atoms with Gasteiger partial charge in [0.25, 0.3) is 0 Å². The minimum Gasteiger partial charge on any atom is -0.325 e. The van der Waals surface area contributed by atoms with Crippen molar-refractivity contribution in [1.29, 1.82) is 0 Å². The summed E-state index contributed by atoms with van der Waals surface area (Å²) >= 11 is 1.30. The van der Waals surface area contributed by atoms with Crippen molar-refractivity contribution in [3.8, 4) is 5.69 Å². The van der Waals surface area contributed by atoms with Crippen molar-refractivity contribution in [3.63, 3.8) is 0 Å². The quantitative estimate of drug-likeness (QED) is 0.300. The number of para-hydroxylation sites is 2. The Labute approximate surface area is 171 Å². The Morgan fingerprint density at radius 2 is 1.79 bits per heavy atom. The number of thioether (sulfide) groups is 1. The van der Waals surface area contributed by atoms with Gasteiger partial charge >= 0.3 is 0 Å². The van der Waals surface area contributed by atoms with Gasteiger partial charge in [0.05, 0.1) is 28.7 Å². The fourth-order valence-electron chi connectivity index (χ4n) is 2.92. The van der Waals surface area contributed by atoms with Crippen molar-refractivity contribution in [2.45, 2.75) is 11.9 Å². The highest BCUT2D eigenvalue weighted by Crippen LogP contribution is 2.26. The number of amides is 1. The Kier molecular flexibility index (Phi) is 5.35. The van der Waals surface area contributed by atoms with Gasteiger partial charge in [0.1, 0.15) is 11.4 Å². The molecule has 29 heavy (non-hydrogen) atoms. The molecule has 0 atom stereocenters. The van der Waals surface area contributed by atoms with Crippen LogP contribution in [-0.4, -0.2) is 37.2 Å². The van der Waals surface area contributed by atoms with Crippen LogP contribution in [0.25, 0.3) is 16.7 Å². The molecule has 7 nitrogen and oxygen atoms in total. The summed E-state index contributed by atoms with van der Waals surface area (Å²) in [5.74, 6) is -0.167. The summed E-state index contributed by atoms with van der Waals surface area (Å²) in [5.41, 5.74) is 2.57. The van der Waals surface area contributed by atoms with E-state index in [1.807, 2.05) is 30.3 Å². The first kappa shape index (κ1) is 18.8. The number of Topliss-reactive ketones (excluding diaryl/α,β-unsaturated/α-hetero) is 1. The van der Waals surface area contributed by atoms with Crippen molar-refractivity contribution in [2.75, 3.05) is 11.1 Å². The Morgan fingerprint density at radius 1 is 1.03 bits per heavy atom. The normalized spacial score (nSPS) is 10.8. The van der Waals surface area contributed by atoms with Crippen LogP contribution in [-0.2, 0) is 4.79 Å². The molecular formula is C21H17N5O2S. The molecule has 0 aliphatic carbocycles. The molecule has 0 aliphatic heterocycles. The van der Waals surface area contributed by atoms with Gasteiger partial charge in [-0.2, -0.15) is 5.10 Å². The number of rotatable bonds is 6. The second-order valence-corrected chi connectivity index (χ2v) is 7.21. The van der Waals surface area contributed by atoms with Crippen LogP contribution in [0.5, 0.6) is 0 Å². The van der Waals surface area contributed by atoms with Gasteiger partial charge in [-0.3, -0.25) is 9.59 Å². The molecule has 4 rings (SSSR count). The predicted octanol–water partition coefficient (Wildman–Crippen LogP) is 3.75. The molecule has 0 aliphatic rings. The van der Waals surface area contributed by atoms with Crippen molar-refractivity contribution < 1.29 is 9.59 Å². The molecule has 144 valence electrons. The second-order valence-electron chi connectivity index (χ2n) is 6.25. The monoisotopic (exact) mass is 403 g/mol. The number of benzene rings is 2. The van der Waals surface area contributed by atoms with Crippen molar-refractivity contribution in [1.82, 2.24) is 19.7 Å². The third kappa shape index (κ3) is 4.02. The molecule has 0 spiro atoms. The van der Waals surface area contributed by atoms with E-state index in [0.29, 0.717) is 21.9 Å². The molecule has 0 bridgehead atoms. The summed E-state index contributed by atoms with van der Waals surface area (Å²) in [6.07, 6.45) is 3.17. The van der Waals surface area contributed by atoms with Crippen LogP contribution in [0.4, 0.5) is 5.69 Å². The fourth-order valence-corrected chi connectivity index (χ4v) is 3.68. The van der Waals surface area contributed by atoms with Gasteiger partial charge < -0.3 is 5.32 Å². The standard InChI is InChI=1S/C21H17N5O2S/c1-14(27)16-9-5-6-10-18(16)25-19(28)12-29-21-17-11-24-26(20(17)22-13-23-21)15-7-3-2-4-8-15/h2-11,13H,12H2,1H3,(H,25,28). The lowest BCUT2D eigenvalue weighted by Gasteiger charge is -2.09. The van der Waals surface area contributed by atoms with Gasteiger partial charge in [-0.25, -0.2) is 14.6 Å². The first-order valence-corrected chi connectivity index (χ1v) is 9.89. The summed E-state index contributed by atoms with van der Waals surface area (Å²) < 4.78 is 1.74. The molecule has 1 N–H and O–H groups in total. The molecule has 0 radical (unpaired) electrons. The lowest BCUT2D eigenvalue weighted by atomic mass is 10.1. The maximum Gasteiger partial charge on any atom is 0.234 e. The van der Waals surface area contributed by atoms with Crippen LogP contribution in [0.2, 0.25) is 0 Å². The SMILES string of the molecule is CC(=O)c1ccccc1NC(=O)CSc1ncnc2c1cnn2-c1ccccc1. The molecule has 0 saturated carbocycles. The lowest BCUT2D eigenvalue weighted by molar-refractivity contribution is -0.113. The van der Waals surface area contributed by atoms with Crippen molar-refractivity contribution >= 4 is 40.2 Å². The minimum atomic E-state index is -0.217. The minimum absolute atomic E-state index is 0.0978. The van der Waals surface area contributed by atoms with Crippen LogP contribution in [0, 0.1) is 0 Å². The van der Waals surface area contributed by atoms with E-state index in [-0.39, 0.29) is 17.4 Å². The van der Waals surface area contributed by atoms with Gasteiger partial charge in [-0.15, -0.1) is 0 Å². The van der Waals surface area contributed by atoms with Gasteiger partial charge in [0.2, 0.25) is 5.91 Å². The molecule has 0 fully saturated rings. The zero-order valence-corrected chi connectivity index (χ0v) is 16.4. The van der Waals surface area contributed by atoms with E-state index in [1.54, 1.807) is 35.1 Å². The number of fused-ring (bicyclic) bond motifs is 1. The molecule has 1 amide bonds. The number of nitrogens with zero attached hydrogens (tertiary/aromatic N) is 4. The smallest absolute Gasteiger partial charge is 0.234 e. The maximum absolute atomic E-state index is 12.4. The number of hydrogen-bond donors (Lipinski definition) is 1. The van der Waals surface area contributed by atoms with E-state index >= 15 is 0 Å². The third-order valence-electron chi connectivity index (χ3n) is 4.25. The van der Waals surface area contributed by atoms with E-state index in [1.165, 1.54) is 25.0 Å². The number of carbonyl (C=O) groups is 2. The summed E-state index contributed by atoms with van der Waals surface area (Å²) in [7, 11) is 0. The fraction of sp³-hybridized carbons (Fsp3) is 0.0952. The van der Waals surface area contributed by atoms with E-state index in [0.717, 1.165) is 11.1 Å². The number of anilines is 1. The van der Waals surface area contributed by atoms with Crippen LogP contribution in [0.1, 0.15) is 17.3 Å². The van der Waals surface area contributed by atoms with E-state index in [9.17, 15) is 9.59 Å². The molecule has 2 heterocycles. The largest absolute Gasteiger partial charge is 0.325 e. The van der Waals surface area contributed by atoms with E-state index < -0.39 is 0 Å². The molecule has 8 heteroatoms. The number of aromatic nitrogens is 4. The Morgan fingerprint density at radius 3 is 2.59 bits per heavy atom. The van der Waals surface area contributed by atoms with Gasteiger partial charge in [0.15, 0.2) is 11.4 Å². The second kappa shape index (κ2) is 8.24. The van der Waals surface area contributed by atoms with Gasteiger partial charge in [-0.1, -0.05) is 42.1 Å². The Hall–Kier alpha value is -3.52. The zero-order chi connectivity index (χ0) is 20.2. The van der Waals surface area contributed by atoms with Crippen LogP contribution >= 0.6 is 11.8 Å². The maximum atomic E-state index is 12.4. The first-order chi connectivity index (χ1) is 14.1. The summed E-state index contributed by atoms with van der Waals surface area (Å²) in [6, 6.07) is 16.6. The molecule has 2 aromatic carbocycles. The van der Waals surface area contributed by atoms with Crippen LogP contribution < -0.4 is 5.32 Å². The van der Waals surface area contributed by atoms with Crippen LogP contribution in [0.15, 0.2) is 72.1 Å². The van der Waals surface area contributed by atoms with Crippen molar-refractivity contribution in [2.24, 2.45) is 0 Å². The summed E-state index contributed by atoms with van der Waals surface area (Å²) in [4.78, 5) is 32.8. The lowest BCUT2D eigenvalue weighted by Crippen LogP contribution is -2.16. The first-order valence-electron chi connectivity index (χ1n) is 8.90. The molecule has 4 aromatic rings. The molecule has 0 saturated heterocycles. The van der Waals surface area contributed by atoms with Crippen LogP contribution in [0.3, 0.4) is 0 Å². The topological polar surface area (TPSA) is 89.8 Å². The summed E-state index contributed by atoms with van der Waals surface area (Å²) in [6.45, 7) is 1.47. The van der Waals surface area contributed by atoms with E-state index in [4.69, 9.17) is 0 Å². The Bertz CT molecular complexity index is 1190. The number of ketones is 1. The highest BCUT2D eigenvalue weighted by Gasteiger charge is 2.14. The number of hydrogen-bond acceptors (Lipinski definition) is 6. The zero-order valence-electron chi connectivity index (χ0n) is 15.6. The Balaban J connectivity index is 1.51. The number of nitrogens with one attached hydrogen (secondary N) is 1. The average Bonchev–Trinajstić information content (AvgIpc) is 3.18. The molecule has 0 unspecified atom stereocenters.